The molecule has 2 heterocycles. The molecule has 0 bridgehead atoms. The number of ketones is 1. The highest BCUT2D eigenvalue weighted by molar-refractivity contribution is 7.91. The molecule has 3 unspecified atom stereocenters. The van der Waals surface area contributed by atoms with E-state index in [2.05, 4.69) is 21.9 Å². The lowest BCUT2D eigenvalue weighted by molar-refractivity contribution is -0.141. The Labute approximate surface area is 325 Å². The summed E-state index contributed by atoms with van der Waals surface area (Å²) in [7, 11) is -3.97. The Balaban J connectivity index is 1.22. The van der Waals surface area contributed by atoms with Crippen molar-refractivity contribution in [1.82, 2.24) is 25.2 Å². The first-order valence-corrected chi connectivity index (χ1v) is 20.7. The van der Waals surface area contributed by atoms with E-state index in [9.17, 15) is 41.6 Å². The van der Waals surface area contributed by atoms with Crippen molar-refractivity contribution >= 4 is 45.7 Å². The fourth-order valence-corrected chi connectivity index (χ4v) is 8.64. The normalized spacial score (nSPS) is 25.1. The van der Waals surface area contributed by atoms with E-state index in [0.717, 1.165) is 24.2 Å². The van der Waals surface area contributed by atoms with Gasteiger partial charge in [-0.25, -0.2) is 22.4 Å². The minimum Gasteiger partial charge on any atom is -0.444 e. The Morgan fingerprint density at radius 3 is 2.43 bits per heavy atom. The van der Waals surface area contributed by atoms with Crippen molar-refractivity contribution in [3.05, 3.63) is 60.0 Å². The number of hydrogen-bond donors (Lipinski definition) is 3. The molecule has 2 aliphatic heterocycles. The lowest BCUT2D eigenvalue weighted by Crippen LogP contribution is -2.58. The lowest BCUT2D eigenvalue weighted by atomic mass is 9.85. The van der Waals surface area contributed by atoms with Gasteiger partial charge in [-0.1, -0.05) is 30.7 Å². The molecule has 304 valence electrons. The van der Waals surface area contributed by atoms with Crippen LogP contribution in [0.3, 0.4) is 0 Å². The molecular weight excluding hydrogens is 750 g/mol. The molecule has 0 spiro atoms. The monoisotopic (exact) mass is 799 g/mol. The summed E-state index contributed by atoms with van der Waals surface area (Å²) in [5.74, 6) is -3.55. The number of nitrogens with one attached hydrogen (secondary N) is 3. The molecule has 5 aliphatic rings. The quantitative estimate of drug-likeness (QED) is 0.185. The predicted molar refractivity (Wildman–Crippen MR) is 199 cm³/mol. The number of carbonyl (C=O) groups is 6. The van der Waals surface area contributed by atoms with Gasteiger partial charge in [-0.05, 0) is 82.9 Å². The Kier molecular flexibility index (Phi) is 11.7. The van der Waals surface area contributed by atoms with E-state index >= 15 is 0 Å². The van der Waals surface area contributed by atoms with Crippen LogP contribution in [-0.4, -0.2) is 95.0 Å². The third-order valence-electron chi connectivity index (χ3n) is 10.9. The van der Waals surface area contributed by atoms with Gasteiger partial charge in [0.15, 0.2) is 5.78 Å². The van der Waals surface area contributed by atoms with E-state index in [1.807, 2.05) is 6.08 Å². The van der Waals surface area contributed by atoms with Gasteiger partial charge in [-0.15, -0.1) is 6.58 Å². The molecule has 17 heteroatoms. The lowest BCUT2D eigenvalue weighted by Gasteiger charge is -2.30. The number of amides is 5. The number of halogens is 1. The highest BCUT2D eigenvalue weighted by atomic mass is 32.2. The molecule has 15 nitrogen and oxygen atoms in total. The van der Waals surface area contributed by atoms with Crippen LogP contribution in [0.15, 0.2) is 43.0 Å². The number of nitrogens with zero attached hydrogens (tertiary/aromatic N) is 2. The molecule has 3 N–H and O–H groups in total. The maximum atomic E-state index is 14.5. The summed E-state index contributed by atoms with van der Waals surface area (Å²) in [6, 6.07) is 1.82. The summed E-state index contributed by atoms with van der Waals surface area (Å²) in [5, 5.41) is 4.52. The van der Waals surface area contributed by atoms with Gasteiger partial charge in [-0.3, -0.25) is 28.8 Å². The van der Waals surface area contributed by atoms with Gasteiger partial charge in [0.1, 0.15) is 35.1 Å². The van der Waals surface area contributed by atoms with E-state index in [1.54, 1.807) is 26.8 Å². The zero-order chi connectivity index (χ0) is 40.6. The maximum Gasteiger partial charge on any atom is 0.410 e. The van der Waals surface area contributed by atoms with Crippen LogP contribution < -0.4 is 15.4 Å². The fourth-order valence-electron chi connectivity index (χ4n) is 7.27. The zero-order valence-electron chi connectivity index (χ0n) is 31.9. The number of likely N-dealkylation sites (tertiary alicyclic amines) is 1. The third kappa shape index (κ3) is 9.41. The van der Waals surface area contributed by atoms with E-state index in [4.69, 9.17) is 9.47 Å². The summed E-state index contributed by atoms with van der Waals surface area (Å²) in [4.78, 5) is 83.8. The summed E-state index contributed by atoms with van der Waals surface area (Å²) in [5.41, 5.74) is -1.63. The molecular formula is C39H50FN5O10S. The van der Waals surface area contributed by atoms with E-state index in [-0.39, 0.29) is 51.1 Å². The van der Waals surface area contributed by atoms with Crippen LogP contribution in [0.2, 0.25) is 0 Å². The van der Waals surface area contributed by atoms with Gasteiger partial charge in [-0.2, -0.15) is 0 Å². The molecule has 56 heavy (non-hydrogen) atoms. The second-order valence-corrected chi connectivity index (χ2v) is 18.4. The van der Waals surface area contributed by atoms with Crippen LogP contribution in [0.4, 0.5) is 14.0 Å². The molecule has 1 aromatic carbocycles. The molecule has 6 rings (SSSR count). The summed E-state index contributed by atoms with van der Waals surface area (Å²) >= 11 is 0. The van der Waals surface area contributed by atoms with Gasteiger partial charge in [0, 0.05) is 30.9 Å². The molecule has 5 amide bonds. The van der Waals surface area contributed by atoms with Crippen LogP contribution >= 0.6 is 0 Å². The van der Waals surface area contributed by atoms with E-state index < -0.39 is 86.2 Å². The second-order valence-electron chi connectivity index (χ2n) is 16.4. The van der Waals surface area contributed by atoms with E-state index in [0.29, 0.717) is 29.9 Å². The Bertz CT molecular complexity index is 1920. The average molecular weight is 800 g/mol. The van der Waals surface area contributed by atoms with Crippen LogP contribution in [0, 0.1) is 17.7 Å². The maximum absolute atomic E-state index is 14.5. The first-order valence-electron chi connectivity index (χ1n) is 19.1. The Morgan fingerprint density at radius 1 is 1.09 bits per heavy atom. The minimum atomic E-state index is -3.97. The van der Waals surface area contributed by atoms with Crippen molar-refractivity contribution in [3.8, 4) is 0 Å². The van der Waals surface area contributed by atoms with Crippen LogP contribution in [0.1, 0.15) is 89.7 Å². The number of alkyl carbamates (subject to hydrolysis) is 1. The first kappa shape index (κ1) is 40.9. The van der Waals surface area contributed by atoms with Crippen molar-refractivity contribution < 1.29 is 51.0 Å². The van der Waals surface area contributed by atoms with Crippen molar-refractivity contribution in [2.75, 3.05) is 6.54 Å². The number of sulfonamides is 1. The van der Waals surface area contributed by atoms with Crippen LogP contribution in [-0.2, 0) is 51.8 Å². The molecule has 5 atom stereocenters. The number of allylic oxidation sites excluding steroid dienone is 2. The highest BCUT2D eigenvalue weighted by Crippen LogP contribution is 2.45. The largest absolute Gasteiger partial charge is 0.444 e. The first-order chi connectivity index (χ1) is 26.4. The van der Waals surface area contributed by atoms with Crippen molar-refractivity contribution in [2.24, 2.45) is 11.8 Å². The number of ether oxygens (including phenoxy) is 2. The Morgan fingerprint density at radius 2 is 1.82 bits per heavy atom. The Hall–Kier alpha value is -4.80. The number of rotatable bonds is 14. The SMILES string of the molecule is C=CC1C[C@]1(NC(=O)C1C[C@@H](OC(=O)N2Cc3cccc(F)c3C2)CN1C(=O)C(CCC(=O)/C=C/C1CCC1)NC(=O)OC(C)(C)C)C(=O)NS(=O)(=O)C1CC1. The van der Waals surface area contributed by atoms with Crippen molar-refractivity contribution in [2.45, 2.75) is 126 Å². The van der Waals surface area contributed by atoms with Gasteiger partial charge in [0.05, 0.1) is 18.3 Å². The van der Waals surface area contributed by atoms with Crippen molar-refractivity contribution in [3.63, 3.8) is 0 Å². The third-order valence-corrected chi connectivity index (χ3v) is 12.7. The van der Waals surface area contributed by atoms with Gasteiger partial charge < -0.3 is 25.0 Å². The molecule has 3 aliphatic carbocycles. The van der Waals surface area contributed by atoms with Gasteiger partial charge >= 0.3 is 12.2 Å². The molecule has 4 fully saturated rings. The smallest absolute Gasteiger partial charge is 0.410 e. The predicted octanol–water partition coefficient (Wildman–Crippen LogP) is 3.52. The zero-order valence-corrected chi connectivity index (χ0v) is 32.7. The van der Waals surface area contributed by atoms with Crippen LogP contribution in [0.25, 0.3) is 0 Å². The molecule has 3 saturated carbocycles. The molecule has 0 radical (unpaired) electrons. The topological polar surface area (TPSA) is 198 Å². The number of hydrogen-bond acceptors (Lipinski definition) is 10. The average Bonchev–Trinajstić information content (AvgIpc) is 3.99. The molecule has 1 saturated heterocycles. The summed E-state index contributed by atoms with van der Waals surface area (Å²) in [6.45, 7) is 8.37. The van der Waals surface area contributed by atoms with Crippen molar-refractivity contribution in [1.29, 1.82) is 0 Å². The summed E-state index contributed by atoms with van der Waals surface area (Å²) < 4.78 is 53.1. The molecule has 1 aromatic rings. The highest BCUT2D eigenvalue weighted by Gasteiger charge is 2.62. The van der Waals surface area contributed by atoms with Crippen LogP contribution in [0.5, 0.6) is 0 Å². The van der Waals surface area contributed by atoms with Gasteiger partial charge in [0.25, 0.3) is 5.91 Å². The minimum absolute atomic E-state index is 0.0461. The molecule has 0 aromatic heterocycles. The number of benzene rings is 1. The summed E-state index contributed by atoms with van der Waals surface area (Å²) in [6.07, 6.45) is 5.39. The second kappa shape index (κ2) is 16.0. The van der Waals surface area contributed by atoms with E-state index in [1.165, 1.54) is 29.2 Å². The fraction of sp³-hybridized carbons (Fsp3) is 0.590. The number of carbonyl (C=O) groups excluding carboxylic acids is 6. The standard InChI is InChI=1S/C39H50FN5O10S/c1-5-25-19-39(25,35(49)43-56(52,53)28-15-16-28)42-33(47)32-18-27(54-37(51)44-20-24-10-7-11-30(40)29(24)22-44)21-45(32)34(48)31(41-36(50)55-38(2,3)4)17-14-26(46)13-12-23-8-6-9-23/h5,7,10-13,23,25,27-28,31-32H,1,6,8-9,14-22H2,2-4H3,(H,41,50)(H,42,47)(H,43,49)/b13-12+/t25?,27-,31?,32?,39-/m1/s1. The number of fused-ring (bicyclic) bond motifs is 1. The van der Waals surface area contributed by atoms with Gasteiger partial charge in [0.2, 0.25) is 21.8 Å².